The number of hydrogen-bond acceptors (Lipinski definition) is 2. The average Bonchev–Trinajstić information content (AvgIpc) is 2.02. The van der Waals surface area contributed by atoms with Gasteiger partial charge in [0.05, 0.1) is 10.6 Å². The Morgan fingerprint density at radius 2 is 2.08 bits per heavy atom. The van der Waals surface area contributed by atoms with Gasteiger partial charge in [-0.1, -0.05) is 11.6 Å². The molecule has 1 heterocycles. The van der Waals surface area contributed by atoms with E-state index in [0.717, 1.165) is 24.0 Å². The van der Waals surface area contributed by atoms with E-state index in [1.54, 1.807) is 0 Å². The monoisotopic (exact) mass is 226 g/mol. The van der Waals surface area contributed by atoms with Crippen molar-refractivity contribution >= 4 is 23.4 Å². The summed E-state index contributed by atoms with van der Waals surface area (Å²) in [7, 11) is 0. The van der Waals surface area contributed by atoms with Gasteiger partial charge in [-0.05, 0) is 6.07 Å². The average molecular weight is 227 g/mol. The number of alkyl halides is 3. The zero-order chi connectivity index (χ0) is 10.1. The van der Waals surface area contributed by atoms with Gasteiger partial charge in [-0.25, -0.2) is 4.98 Å². The maximum atomic E-state index is 12.2. The Morgan fingerprint density at radius 3 is 2.54 bits per heavy atom. The molecule has 0 aliphatic heterocycles. The van der Waals surface area contributed by atoms with Gasteiger partial charge in [0.2, 0.25) is 0 Å². The van der Waals surface area contributed by atoms with Crippen molar-refractivity contribution in [3.05, 3.63) is 29.1 Å². The van der Waals surface area contributed by atoms with Crippen LogP contribution in [-0.2, 0) is 6.18 Å². The van der Waals surface area contributed by atoms with Gasteiger partial charge >= 0.3 is 6.18 Å². The Bertz CT molecular complexity index is 313. The van der Waals surface area contributed by atoms with Crippen molar-refractivity contribution in [2.24, 2.45) is 0 Å². The van der Waals surface area contributed by atoms with Gasteiger partial charge in [0.25, 0.3) is 0 Å². The number of nitrogens with zero attached hydrogens (tertiary/aromatic N) is 1. The van der Waals surface area contributed by atoms with Crippen LogP contribution in [0.1, 0.15) is 5.56 Å². The van der Waals surface area contributed by atoms with Crippen molar-refractivity contribution in [2.45, 2.75) is 11.2 Å². The van der Waals surface area contributed by atoms with Gasteiger partial charge in [0.1, 0.15) is 5.03 Å². The highest BCUT2D eigenvalue weighted by Gasteiger charge is 2.34. The number of thioether (sulfide) groups is 1. The number of rotatable bonds is 1. The Hall–Kier alpha value is -0.420. The summed E-state index contributed by atoms with van der Waals surface area (Å²) in [5, 5.41) is -0.313. The molecule has 0 amide bonds. The second kappa shape index (κ2) is 3.75. The van der Waals surface area contributed by atoms with Gasteiger partial charge in [-0.15, -0.1) is 11.8 Å². The van der Waals surface area contributed by atoms with Crippen molar-refractivity contribution in [1.29, 1.82) is 0 Å². The zero-order valence-corrected chi connectivity index (χ0v) is 7.80. The molecule has 1 aromatic rings. The lowest BCUT2D eigenvalue weighted by Crippen LogP contribution is -2.06. The molecule has 6 heteroatoms. The van der Waals surface area contributed by atoms with E-state index in [2.05, 4.69) is 11.2 Å². The Balaban J connectivity index is 3.24. The van der Waals surface area contributed by atoms with E-state index >= 15 is 0 Å². The van der Waals surface area contributed by atoms with E-state index < -0.39 is 16.8 Å². The predicted octanol–water partition coefficient (Wildman–Crippen LogP) is 3.64. The number of pyridine rings is 1. The summed E-state index contributed by atoms with van der Waals surface area (Å²) >= 11 is 6.28. The SMILES string of the molecule is [CH2]Sc1nccc(C(F)(F)F)c1Cl. The fourth-order valence-corrected chi connectivity index (χ4v) is 1.50. The number of hydrogen-bond donors (Lipinski definition) is 0. The second-order valence-electron chi connectivity index (χ2n) is 2.12. The lowest BCUT2D eigenvalue weighted by atomic mass is 10.2. The topological polar surface area (TPSA) is 12.9 Å². The van der Waals surface area contributed by atoms with Crippen LogP contribution in [0.5, 0.6) is 0 Å². The second-order valence-corrected chi connectivity index (χ2v) is 3.17. The highest BCUT2D eigenvalue weighted by atomic mass is 35.5. The minimum absolute atomic E-state index is 0.0801. The first-order valence-corrected chi connectivity index (χ1v) is 4.47. The maximum absolute atomic E-state index is 12.2. The van der Waals surface area contributed by atoms with Crippen molar-refractivity contribution in [3.63, 3.8) is 0 Å². The van der Waals surface area contributed by atoms with Gasteiger partial charge in [0.15, 0.2) is 0 Å². The van der Waals surface area contributed by atoms with Crippen molar-refractivity contribution in [3.8, 4) is 0 Å². The predicted molar refractivity (Wildman–Crippen MR) is 45.5 cm³/mol. The third-order valence-electron chi connectivity index (χ3n) is 1.30. The molecule has 0 spiro atoms. The summed E-state index contributed by atoms with van der Waals surface area (Å²) in [4.78, 5) is 3.64. The Morgan fingerprint density at radius 1 is 1.46 bits per heavy atom. The maximum Gasteiger partial charge on any atom is 0.417 e. The summed E-state index contributed by atoms with van der Waals surface area (Å²) in [6, 6.07) is 0.835. The van der Waals surface area contributed by atoms with Crippen LogP contribution in [0.2, 0.25) is 5.02 Å². The largest absolute Gasteiger partial charge is 0.417 e. The van der Waals surface area contributed by atoms with Gasteiger partial charge < -0.3 is 0 Å². The van der Waals surface area contributed by atoms with Crippen LogP contribution in [0.15, 0.2) is 17.3 Å². The van der Waals surface area contributed by atoms with Crippen LogP contribution in [0.25, 0.3) is 0 Å². The highest BCUT2D eigenvalue weighted by molar-refractivity contribution is 8.00. The minimum Gasteiger partial charge on any atom is -0.248 e. The molecular weight excluding hydrogens is 223 g/mol. The van der Waals surface area contributed by atoms with Crippen LogP contribution in [-0.4, -0.2) is 4.98 Å². The molecule has 13 heavy (non-hydrogen) atoms. The fourth-order valence-electron chi connectivity index (χ4n) is 0.744. The third-order valence-corrected chi connectivity index (χ3v) is 2.38. The summed E-state index contributed by atoms with van der Waals surface area (Å²) in [6.45, 7) is 0. The van der Waals surface area contributed by atoms with Crippen molar-refractivity contribution in [2.75, 3.05) is 0 Å². The van der Waals surface area contributed by atoms with Crippen LogP contribution in [0.3, 0.4) is 0 Å². The highest BCUT2D eigenvalue weighted by Crippen LogP contribution is 2.37. The molecule has 0 aliphatic rings. The summed E-state index contributed by atoms with van der Waals surface area (Å²) in [5.74, 6) is 0. The molecule has 0 unspecified atom stereocenters. The van der Waals surface area contributed by atoms with E-state index in [1.807, 2.05) is 0 Å². The van der Waals surface area contributed by atoms with Gasteiger partial charge in [-0.3, -0.25) is 0 Å². The summed E-state index contributed by atoms with van der Waals surface area (Å²) in [5.41, 5.74) is -0.879. The quantitative estimate of drug-likeness (QED) is 0.678. The first-order valence-electron chi connectivity index (χ1n) is 3.10. The number of halogens is 4. The molecule has 1 rings (SSSR count). The summed E-state index contributed by atoms with van der Waals surface area (Å²) in [6.07, 6.45) is -0.0399. The zero-order valence-electron chi connectivity index (χ0n) is 6.23. The first-order chi connectivity index (χ1) is 5.96. The van der Waals surface area contributed by atoms with Crippen LogP contribution >= 0.6 is 23.4 Å². The van der Waals surface area contributed by atoms with Crippen molar-refractivity contribution < 1.29 is 13.2 Å². The Labute approximate surface area is 82.3 Å². The molecule has 71 valence electrons. The van der Waals surface area contributed by atoms with Crippen LogP contribution < -0.4 is 0 Å². The molecule has 0 saturated heterocycles. The molecule has 0 fully saturated rings. The van der Waals surface area contributed by atoms with Crippen LogP contribution in [0, 0.1) is 6.26 Å². The molecule has 0 atom stereocenters. The molecule has 0 bridgehead atoms. The molecule has 0 saturated carbocycles. The number of aromatic nitrogens is 1. The molecule has 0 aliphatic carbocycles. The standard InChI is InChI=1S/C7H4ClF3NS/c1-13-6-5(8)4(2-3-12-6)7(9,10)11/h2-3H,1H2. The van der Waals surface area contributed by atoms with E-state index in [9.17, 15) is 13.2 Å². The molecule has 1 radical (unpaired) electrons. The van der Waals surface area contributed by atoms with Gasteiger partial charge in [0, 0.05) is 12.5 Å². The van der Waals surface area contributed by atoms with E-state index in [1.165, 1.54) is 0 Å². The van der Waals surface area contributed by atoms with E-state index in [0.29, 0.717) is 0 Å². The lowest BCUT2D eigenvalue weighted by molar-refractivity contribution is -0.137. The summed E-state index contributed by atoms with van der Waals surface area (Å²) < 4.78 is 36.7. The smallest absolute Gasteiger partial charge is 0.248 e. The first kappa shape index (κ1) is 10.7. The minimum atomic E-state index is -4.44. The molecule has 1 aromatic heterocycles. The van der Waals surface area contributed by atoms with Gasteiger partial charge in [-0.2, -0.15) is 13.2 Å². The molecule has 0 aromatic carbocycles. The van der Waals surface area contributed by atoms with Crippen LogP contribution in [0.4, 0.5) is 13.2 Å². The molecular formula is C7H4ClF3NS. The molecule has 0 N–H and O–H groups in total. The molecule has 1 nitrogen and oxygen atoms in total. The van der Waals surface area contributed by atoms with E-state index in [4.69, 9.17) is 11.6 Å². The van der Waals surface area contributed by atoms with Crippen molar-refractivity contribution in [1.82, 2.24) is 4.98 Å². The lowest BCUT2D eigenvalue weighted by Gasteiger charge is -2.09. The van der Waals surface area contributed by atoms with E-state index in [-0.39, 0.29) is 5.03 Å². The normalized spacial score (nSPS) is 11.8. The fraction of sp³-hybridized carbons (Fsp3) is 0.143. The third kappa shape index (κ3) is 2.28. The Kier molecular flexibility index (Phi) is 3.08.